The van der Waals surface area contributed by atoms with Gasteiger partial charge >= 0.3 is 0 Å². The Bertz CT molecular complexity index is 3830. The smallest absolute Gasteiger partial charge is 0.167 e. The molecule has 0 aliphatic heterocycles. The number of para-hydroxylation sites is 1. The molecule has 0 N–H and O–H groups in total. The molecule has 13 aromatic rings. The maximum Gasteiger partial charge on any atom is 0.167 e. The van der Waals surface area contributed by atoms with Gasteiger partial charge in [-0.05, 0) is 72.7 Å². The minimum Gasteiger partial charge on any atom is -0.455 e. The van der Waals surface area contributed by atoms with Gasteiger partial charge in [-0.3, -0.25) is 0 Å². The fourth-order valence-electron chi connectivity index (χ4n) is 9.26. The lowest BCUT2D eigenvalue weighted by Gasteiger charge is -2.13. The molecule has 4 nitrogen and oxygen atoms in total. The number of hydrogen-bond donors (Lipinski definition) is 0. The highest BCUT2D eigenvalue weighted by atomic mass is 32.1. The Balaban J connectivity index is 1.15. The quantitative estimate of drug-likeness (QED) is 0.169. The van der Waals surface area contributed by atoms with Crippen LogP contribution >= 0.6 is 11.3 Å². The third-order valence-electron chi connectivity index (χ3n) is 11.9. The van der Waals surface area contributed by atoms with Crippen molar-refractivity contribution in [1.29, 1.82) is 0 Å². The average molecular weight is 756 g/mol. The third-order valence-corrected chi connectivity index (χ3v) is 13.0. The second kappa shape index (κ2) is 12.0. The van der Waals surface area contributed by atoms with E-state index in [2.05, 4.69) is 158 Å². The van der Waals surface area contributed by atoms with Crippen molar-refractivity contribution in [2.24, 2.45) is 0 Å². The summed E-state index contributed by atoms with van der Waals surface area (Å²) in [5, 5.41) is 16.6. The van der Waals surface area contributed by atoms with Gasteiger partial charge in [0.2, 0.25) is 0 Å². The Morgan fingerprint density at radius 3 is 1.76 bits per heavy atom. The van der Waals surface area contributed by atoms with Crippen LogP contribution in [0, 0.1) is 0 Å². The molecule has 3 heterocycles. The molecule has 0 aliphatic carbocycles. The van der Waals surface area contributed by atoms with Gasteiger partial charge in [0.1, 0.15) is 11.2 Å². The molecule has 0 atom stereocenters. The van der Waals surface area contributed by atoms with Crippen molar-refractivity contribution in [3.8, 4) is 34.2 Å². The molecule has 268 valence electrons. The van der Waals surface area contributed by atoms with Crippen LogP contribution in [0.15, 0.2) is 180 Å². The Labute approximate surface area is 335 Å². The average Bonchev–Trinajstić information content (AvgIpc) is 3.85. The second-order valence-corrected chi connectivity index (χ2v) is 16.1. The van der Waals surface area contributed by atoms with Crippen molar-refractivity contribution in [1.82, 2.24) is 15.0 Å². The minimum absolute atomic E-state index is 0.571. The van der Waals surface area contributed by atoms with Crippen LogP contribution in [0.25, 0.3) is 130 Å². The highest BCUT2D eigenvalue weighted by Crippen LogP contribution is 2.49. The standard InChI is InChI=1S/C53H29N3OS/c1-2-13-30(14-3-1)51-54-52(42-24-12-23-40-43-27-31-15-4-5-16-32(31)28-44(43)57-49(40)42)56-53(55-51)48-34-18-7-6-17-33(34)29-45-47(48)41-26-25-39-37-21-9-8-19-35(37)36-20-10-11-22-38(36)46(39)50(41)58-45/h1-29H. The summed E-state index contributed by atoms with van der Waals surface area (Å²) in [4.78, 5) is 16.0. The van der Waals surface area contributed by atoms with Crippen LogP contribution in [0.5, 0.6) is 0 Å². The van der Waals surface area contributed by atoms with Gasteiger partial charge in [-0.25, -0.2) is 15.0 Å². The van der Waals surface area contributed by atoms with Crippen molar-refractivity contribution in [3.63, 3.8) is 0 Å². The molecule has 58 heavy (non-hydrogen) atoms. The van der Waals surface area contributed by atoms with E-state index in [-0.39, 0.29) is 0 Å². The molecule has 0 saturated heterocycles. The zero-order valence-electron chi connectivity index (χ0n) is 30.9. The minimum atomic E-state index is 0.571. The molecule has 10 aromatic carbocycles. The highest BCUT2D eigenvalue weighted by Gasteiger charge is 2.23. The molecule has 0 saturated carbocycles. The van der Waals surface area contributed by atoms with E-state index in [1.807, 2.05) is 29.5 Å². The second-order valence-electron chi connectivity index (χ2n) is 15.1. The summed E-state index contributed by atoms with van der Waals surface area (Å²) in [5.41, 5.74) is 4.36. The van der Waals surface area contributed by atoms with Crippen LogP contribution in [0.2, 0.25) is 0 Å². The van der Waals surface area contributed by atoms with Crippen LogP contribution in [-0.2, 0) is 0 Å². The predicted octanol–water partition coefficient (Wildman–Crippen LogP) is 14.9. The molecule has 0 spiro atoms. The van der Waals surface area contributed by atoms with E-state index in [9.17, 15) is 0 Å². The summed E-state index contributed by atoms with van der Waals surface area (Å²) in [7, 11) is 0. The van der Waals surface area contributed by atoms with Gasteiger partial charge in [-0.1, -0.05) is 152 Å². The molecular formula is C53H29N3OS. The number of aromatic nitrogens is 3. The maximum absolute atomic E-state index is 6.73. The first-order valence-corrected chi connectivity index (χ1v) is 20.3. The number of hydrogen-bond acceptors (Lipinski definition) is 5. The first-order valence-electron chi connectivity index (χ1n) is 19.5. The van der Waals surface area contributed by atoms with E-state index in [4.69, 9.17) is 19.4 Å². The Hall–Kier alpha value is -7.47. The fraction of sp³-hybridized carbons (Fsp3) is 0. The molecule has 3 aromatic heterocycles. The van der Waals surface area contributed by atoms with Crippen LogP contribution in [0.4, 0.5) is 0 Å². The Morgan fingerprint density at radius 2 is 0.966 bits per heavy atom. The Kier molecular flexibility index (Phi) is 6.57. The zero-order chi connectivity index (χ0) is 37.9. The van der Waals surface area contributed by atoms with E-state index in [0.717, 1.165) is 60.2 Å². The third kappa shape index (κ3) is 4.53. The van der Waals surface area contributed by atoms with Gasteiger partial charge in [-0.2, -0.15) is 0 Å². The molecule has 0 radical (unpaired) electrons. The van der Waals surface area contributed by atoms with Crippen LogP contribution < -0.4 is 0 Å². The van der Waals surface area contributed by atoms with Crippen molar-refractivity contribution < 1.29 is 4.42 Å². The largest absolute Gasteiger partial charge is 0.455 e. The predicted molar refractivity (Wildman–Crippen MR) is 244 cm³/mol. The van der Waals surface area contributed by atoms with Crippen molar-refractivity contribution in [2.75, 3.05) is 0 Å². The normalized spacial score (nSPS) is 12.1. The molecule has 5 heteroatoms. The Morgan fingerprint density at radius 1 is 0.379 bits per heavy atom. The number of rotatable bonds is 3. The van der Waals surface area contributed by atoms with Gasteiger partial charge < -0.3 is 4.42 Å². The van der Waals surface area contributed by atoms with Gasteiger partial charge in [0.25, 0.3) is 0 Å². The first kappa shape index (κ1) is 31.7. The molecule has 0 bridgehead atoms. The van der Waals surface area contributed by atoms with Gasteiger partial charge in [0.05, 0.1) is 5.56 Å². The molecule has 0 unspecified atom stereocenters. The monoisotopic (exact) mass is 755 g/mol. The summed E-state index contributed by atoms with van der Waals surface area (Å²) in [5.74, 6) is 1.82. The van der Waals surface area contributed by atoms with Crippen molar-refractivity contribution in [3.05, 3.63) is 176 Å². The lowest BCUT2D eigenvalue weighted by atomic mass is 9.92. The number of furan rings is 1. The maximum atomic E-state index is 6.73. The topological polar surface area (TPSA) is 51.8 Å². The molecule has 0 amide bonds. The summed E-state index contributed by atoms with van der Waals surface area (Å²) in [6.45, 7) is 0. The summed E-state index contributed by atoms with van der Waals surface area (Å²) >= 11 is 1.86. The van der Waals surface area contributed by atoms with Crippen LogP contribution in [0.1, 0.15) is 0 Å². The van der Waals surface area contributed by atoms with E-state index in [1.54, 1.807) is 0 Å². The molecular weight excluding hydrogens is 727 g/mol. The number of fused-ring (bicyclic) bond motifs is 15. The lowest BCUT2D eigenvalue weighted by Crippen LogP contribution is -2.01. The summed E-state index contributed by atoms with van der Waals surface area (Å²) in [6.07, 6.45) is 0. The first-order chi connectivity index (χ1) is 28.7. The number of thiophene rings is 1. The van der Waals surface area contributed by atoms with E-state index in [0.29, 0.717) is 17.5 Å². The van der Waals surface area contributed by atoms with E-state index in [1.165, 1.54) is 52.5 Å². The number of nitrogens with zero attached hydrogens (tertiary/aromatic N) is 3. The highest BCUT2D eigenvalue weighted by molar-refractivity contribution is 7.27. The fourth-order valence-corrected chi connectivity index (χ4v) is 10.6. The van der Waals surface area contributed by atoms with Crippen molar-refractivity contribution in [2.45, 2.75) is 0 Å². The van der Waals surface area contributed by atoms with Crippen molar-refractivity contribution >= 4 is 107 Å². The lowest BCUT2D eigenvalue weighted by molar-refractivity contribution is 0.670. The van der Waals surface area contributed by atoms with Gasteiger partial charge in [0.15, 0.2) is 17.5 Å². The van der Waals surface area contributed by atoms with Gasteiger partial charge in [-0.15, -0.1) is 11.3 Å². The van der Waals surface area contributed by atoms with E-state index >= 15 is 0 Å². The van der Waals surface area contributed by atoms with E-state index < -0.39 is 0 Å². The SMILES string of the molecule is c1ccc(-c2nc(-c3cccc4c3oc3cc5ccccc5cc34)nc(-c3c4ccccc4cc4sc5c(ccc6c7ccccc7c7ccccc7c65)c34)n2)cc1. The zero-order valence-corrected chi connectivity index (χ0v) is 31.7. The molecule has 0 aliphatic rings. The van der Waals surface area contributed by atoms with Crippen LogP contribution in [-0.4, -0.2) is 15.0 Å². The van der Waals surface area contributed by atoms with Gasteiger partial charge in [0, 0.05) is 47.5 Å². The molecule has 0 fully saturated rings. The number of benzene rings is 10. The summed E-state index contributed by atoms with van der Waals surface area (Å²) in [6, 6.07) is 62.5. The molecule has 13 rings (SSSR count). The van der Waals surface area contributed by atoms with Crippen LogP contribution in [0.3, 0.4) is 0 Å². The summed E-state index contributed by atoms with van der Waals surface area (Å²) < 4.78 is 9.19.